The minimum absolute atomic E-state index is 0.0541. The van der Waals surface area contributed by atoms with Crippen LogP contribution in [0, 0.1) is 0 Å². The molecule has 0 N–H and O–H groups in total. The lowest BCUT2D eigenvalue weighted by atomic mass is 9.99. The Balaban J connectivity index is 1.50. The molecule has 4 rings (SSSR count). The average molecular weight is 300 g/mol. The Morgan fingerprint density at radius 3 is 1.91 bits per heavy atom. The molecule has 3 aromatic carbocycles. The predicted molar refractivity (Wildman–Crippen MR) is 90.3 cm³/mol. The minimum Gasteiger partial charge on any atom is -0.356 e. The summed E-state index contributed by atoms with van der Waals surface area (Å²) in [4.78, 5) is 12.5. The summed E-state index contributed by atoms with van der Waals surface area (Å²) in [6, 6.07) is 27.8. The van der Waals surface area contributed by atoms with Gasteiger partial charge in [-0.3, -0.25) is 4.79 Å². The molecule has 1 aliphatic heterocycles. The van der Waals surface area contributed by atoms with Gasteiger partial charge in [-0.05, 0) is 16.7 Å². The quantitative estimate of drug-likeness (QED) is 0.517. The summed E-state index contributed by atoms with van der Waals surface area (Å²) >= 11 is 0. The highest BCUT2D eigenvalue weighted by Gasteiger charge is 2.45. The zero-order valence-corrected chi connectivity index (χ0v) is 12.6. The first-order chi connectivity index (χ1) is 11.3. The molecule has 0 aliphatic carbocycles. The third-order valence-electron chi connectivity index (χ3n) is 4.15. The van der Waals surface area contributed by atoms with Gasteiger partial charge in [0.2, 0.25) is 0 Å². The van der Waals surface area contributed by atoms with E-state index in [9.17, 15) is 4.79 Å². The average Bonchev–Trinajstić information content (AvgIpc) is 3.44. The summed E-state index contributed by atoms with van der Waals surface area (Å²) in [5, 5.41) is 0. The normalized spacial score (nSPS) is 19.3. The van der Waals surface area contributed by atoms with E-state index in [1.807, 2.05) is 72.8 Å². The number of Topliss-reactive ketones (excluding diaryl/α,β-unsaturated/α-hetero) is 1. The Kier molecular flexibility index (Phi) is 3.52. The van der Waals surface area contributed by atoms with Gasteiger partial charge in [-0.1, -0.05) is 84.9 Å². The van der Waals surface area contributed by atoms with E-state index in [4.69, 9.17) is 4.74 Å². The van der Waals surface area contributed by atoms with Gasteiger partial charge in [0.1, 0.15) is 6.10 Å². The van der Waals surface area contributed by atoms with Crippen molar-refractivity contribution in [1.82, 2.24) is 0 Å². The van der Waals surface area contributed by atoms with Crippen molar-refractivity contribution in [1.29, 1.82) is 0 Å². The molecule has 1 fully saturated rings. The molecule has 3 aromatic rings. The van der Waals surface area contributed by atoms with Crippen LogP contribution in [-0.4, -0.2) is 11.9 Å². The first-order valence-corrected chi connectivity index (χ1v) is 7.73. The number of hydrogen-bond acceptors (Lipinski definition) is 2. The van der Waals surface area contributed by atoms with Crippen molar-refractivity contribution in [2.45, 2.75) is 12.2 Å². The first-order valence-electron chi connectivity index (χ1n) is 7.73. The largest absolute Gasteiger partial charge is 0.356 e. The van der Waals surface area contributed by atoms with Crippen LogP contribution in [-0.2, 0) is 4.74 Å². The van der Waals surface area contributed by atoms with Crippen LogP contribution >= 0.6 is 0 Å². The van der Waals surface area contributed by atoms with E-state index < -0.39 is 0 Å². The molecule has 1 aliphatic rings. The zero-order valence-electron chi connectivity index (χ0n) is 12.6. The number of ether oxygens (including phenoxy) is 1. The molecule has 0 amide bonds. The number of carbonyl (C=O) groups excluding carboxylic acids is 1. The number of carbonyl (C=O) groups is 1. The van der Waals surface area contributed by atoms with E-state index in [0.29, 0.717) is 5.56 Å². The molecule has 0 unspecified atom stereocenters. The Hall–Kier alpha value is -2.71. The molecule has 1 saturated heterocycles. The van der Waals surface area contributed by atoms with Crippen LogP contribution < -0.4 is 0 Å². The van der Waals surface area contributed by atoms with Crippen LogP contribution in [0.15, 0.2) is 84.9 Å². The molecule has 1 heterocycles. The van der Waals surface area contributed by atoms with Gasteiger partial charge < -0.3 is 4.74 Å². The molecule has 2 nitrogen and oxygen atoms in total. The summed E-state index contributed by atoms with van der Waals surface area (Å²) in [5.41, 5.74) is 4.02. The number of rotatable bonds is 4. The molecule has 0 bridgehead atoms. The summed E-state index contributed by atoms with van der Waals surface area (Å²) in [6.45, 7) is 0. The maximum Gasteiger partial charge on any atom is 0.194 e. The molecule has 0 radical (unpaired) electrons. The van der Waals surface area contributed by atoms with Crippen LogP contribution in [0.2, 0.25) is 0 Å². The minimum atomic E-state index is -0.347. The van der Waals surface area contributed by atoms with Crippen LogP contribution in [0.4, 0.5) is 0 Å². The van der Waals surface area contributed by atoms with Gasteiger partial charge in [0, 0.05) is 5.56 Å². The fourth-order valence-electron chi connectivity index (χ4n) is 2.83. The highest BCUT2D eigenvalue weighted by Crippen LogP contribution is 2.40. The molecular weight excluding hydrogens is 284 g/mol. The Bertz CT molecular complexity index is 807. The molecule has 23 heavy (non-hydrogen) atoms. The van der Waals surface area contributed by atoms with Crippen LogP contribution in [0.25, 0.3) is 11.1 Å². The maximum atomic E-state index is 12.5. The van der Waals surface area contributed by atoms with Crippen LogP contribution in [0.3, 0.4) is 0 Å². The number of ketones is 1. The zero-order chi connectivity index (χ0) is 15.6. The Morgan fingerprint density at radius 2 is 1.26 bits per heavy atom. The molecule has 0 saturated carbocycles. The molecular formula is C21H16O2. The summed E-state index contributed by atoms with van der Waals surface area (Å²) in [6.07, 6.45) is -0.447. The second-order valence-corrected chi connectivity index (χ2v) is 5.70. The van der Waals surface area contributed by atoms with Crippen molar-refractivity contribution < 1.29 is 9.53 Å². The van der Waals surface area contributed by atoms with Crippen molar-refractivity contribution >= 4 is 5.78 Å². The van der Waals surface area contributed by atoms with E-state index >= 15 is 0 Å². The van der Waals surface area contributed by atoms with E-state index in [1.54, 1.807) is 0 Å². The SMILES string of the molecule is O=C(c1ccc(-c2ccccc2)cc1)[C@@H]1O[C@H]1c1ccccc1. The lowest BCUT2D eigenvalue weighted by Gasteiger charge is -2.03. The first kappa shape index (κ1) is 13.9. The predicted octanol–water partition coefficient (Wildman–Crippen LogP) is 4.68. The molecule has 0 aromatic heterocycles. The van der Waals surface area contributed by atoms with Gasteiger partial charge in [0.15, 0.2) is 11.9 Å². The molecule has 112 valence electrons. The Labute approximate surface area is 135 Å². The van der Waals surface area contributed by atoms with Gasteiger partial charge in [-0.15, -0.1) is 0 Å². The second kappa shape index (κ2) is 5.82. The molecule has 2 heteroatoms. The highest BCUT2D eigenvalue weighted by molar-refractivity contribution is 6.01. The topological polar surface area (TPSA) is 29.6 Å². The van der Waals surface area contributed by atoms with Crippen molar-refractivity contribution in [3.63, 3.8) is 0 Å². The maximum absolute atomic E-state index is 12.5. The van der Waals surface area contributed by atoms with Crippen molar-refractivity contribution in [2.75, 3.05) is 0 Å². The standard InChI is InChI=1S/C21H16O2/c22-19(21-20(23-21)18-9-5-2-6-10-18)17-13-11-16(12-14-17)15-7-3-1-4-8-15/h1-14,20-21H/t20-,21-/m0/s1. The number of hydrogen-bond donors (Lipinski definition) is 0. The third kappa shape index (κ3) is 2.81. The fraction of sp³-hybridized carbons (Fsp3) is 0.0952. The van der Waals surface area contributed by atoms with Gasteiger partial charge >= 0.3 is 0 Å². The van der Waals surface area contributed by atoms with Gasteiger partial charge in [0.05, 0.1) is 0 Å². The van der Waals surface area contributed by atoms with Crippen molar-refractivity contribution in [3.8, 4) is 11.1 Å². The number of epoxide rings is 1. The lowest BCUT2D eigenvalue weighted by molar-refractivity contribution is 0.0953. The van der Waals surface area contributed by atoms with E-state index in [2.05, 4.69) is 12.1 Å². The lowest BCUT2D eigenvalue weighted by Crippen LogP contribution is -2.08. The summed E-state index contributed by atoms with van der Waals surface area (Å²) in [5.74, 6) is 0.0541. The molecule has 2 atom stereocenters. The summed E-state index contributed by atoms with van der Waals surface area (Å²) < 4.78 is 5.58. The smallest absolute Gasteiger partial charge is 0.194 e. The van der Waals surface area contributed by atoms with E-state index in [0.717, 1.165) is 16.7 Å². The van der Waals surface area contributed by atoms with E-state index in [1.165, 1.54) is 0 Å². The van der Waals surface area contributed by atoms with Crippen molar-refractivity contribution in [3.05, 3.63) is 96.1 Å². The van der Waals surface area contributed by atoms with Crippen molar-refractivity contribution in [2.24, 2.45) is 0 Å². The summed E-state index contributed by atoms with van der Waals surface area (Å²) in [7, 11) is 0. The van der Waals surface area contributed by atoms with Crippen LogP contribution in [0.5, 0.6) is 0 Å². The fourth-order valence-corrected chi connectivity index (χ4v) is 2.83. The van der Waals surface area contributed by atoms with Gasteiger partial charge in [-0.2, -0.15) is 0 Å². The van der Waals surface area contributed by atoms with Crippen LogP contribution in [0.1, 0.15) is 22.0 Å². The van der Waals surface area contributed by atoms with E-state index in [-0.39, 0.29) is 18.0 Å². The third-order valence-corrected chi connectivity index (χ3v) is 4.15. The molecule has 0 spiro atoms. The monoisotopic (exact) mass is 300 g/mol. The Morgan fingerprint density at radius 1 is 0.696 bits per heavy atom. The highest BCUT2D eigenvalue weighted by atomic mass is 16.6. The van der Waals surface area contributed by atoms with Gasteiger partial charge in [0.25, 0.3) is 0 Å². The van der Waals surface area contributed by atoms with Gasteiger partial charge in [-0.25, -0.2) is 0 Å². The second-order valence-electron chi connectivity index (χ2n) is 5.70. The number of benzene rings is 3.